The van der Waals surface area contributed by atoms with Crippen LogP contribution in [0.3, 0.4) is 0 Å². The van der Waals surface area contributed by atoms with Crippen molar-refractivity contribution in [3.8, 4) is 33.8 Å². The molecule has 0 heterocycles. The van der Waals surface area contributed by atoms with Crippen LogP contribution in [0.15, 0.2) is 116 Å². The molecule has 0 aliphatic rings. The molecule has 9 heteroatoms. The molecule has 0 spiro atoms. The molecule has 4 rings (SSSR count). The highest BCUT2D eigenvalue weighted by Crippen LogP contribution is 2.26. The number of benzene rings is 4. The van der Waals surface area contributed by atoms with Crippen LogP contribution >= 0.6 is 0 Å². The van der Waals surface area contributed by atoms with E-state index < -0.39 is 35.8 Å². The molecule has 4 aromatic carbocycles. The normalized spacial score (nSPS) is 11.5. The minimum absolute atomic E-state index is 0. The number of carboxylic acids is 2. The highest BCUT2D eigenvalue weighted by atomic mass is 19.2. The smallest absolute Gasteiger partial charge is 0.344 e. The number of rotatable bonds is 14. The average Bonchev–Trinajstić information content (AvgIpc) is 3.03. The minimum atomic E-state index is -1.04. The van der Waals surface area contributed by atoms with E-state index in [1.165, 1.54) is 18.2 Å². The first-order valence-electron chi connectivity index (χ1n) is 14.0. The summed E-state index contributed by atoms with van der Waals surface area (Å²) >= 11 is 0. The second-order valence-corrected chi connectivity index (χ2v) is 9.81. The quantitative estimate of drug-likeness (QED) is 0.134. The third-order valence-electron chi connectivity index (χ3n) is 6.49. The van der Waals surface area contributed by atoms with Gasteiger partial charge in [0, 0.05) is 0 Å². The van der Waals surface area contributed by atoms with Gasteiger partial charge in [-0.2, -0.15) is 0 Å². The van der Waals surface area contributed by atoms with Gasteiger partial charge in [-0.15, -0.1) is 13.2 Å². The predicted octanol–water partition coefficient (Wildman–Crippen LogP) is 9.36. The Hall–Kier alpha value is -5.31. The lowest BCUT2D eigenvalue weighted by Crippen LogP contribution is -2.26. The highest BCUT2D eigenvalue weighted by Gasteiger charge is 2.19. The minimum Gasteiger partial charge on any atom is -0.479 e. The molecular formula is C37H37F3O6. The van der Waals surface area contributed by atoms with Crippen LogP contribution in [-0.2, 0) is 9.59 Å². The zero-order chi connectivity index (χ0) is 32.8. The van der Waals surface area contributed by atoms with E-state index in [0.717, 1.165) is 23.3 Å². The van der Waals surface area contributed by atoms with E-state index in [1.54, 1.807) is 66.7 Å². The predicted molar refractivity (Wildman–Crippen MR) is 173 cm³/mol. The number of hydrogen-bond donors (Lipinski definition) is 2. The molecule has 4 aromatic rings. The molecule has 0 saturated heterocycles. The van der Waals surface area contributed by atoms with E-state index in [-0.39, 0.29) is 13.2 Å². The van der Waals surface area contributed by atoms with Crippen molar-refractivity contribution in [2.75, 3.05) is 0 Å². The fourth-order valence-electron chi connectivity index (χ4n) is 4.13. The van der Waals surface area contributed by atoms with Crippen LogP contribution in [0.5, 0.6) is 11.5 Å². The number of ether oxygens (including phenoxy) is 2. The molecule has 0 saturated carbocycles. The number of halogens is 3. The first-order chi connectivity index (χ1) is 21.6. The van der Waals surface area contributed by atoms with Gasteiger partial charge in [0.2, 0.25) is 0 Å². The molecule has 0 amide bonds. The molecule has 2 unspecified atom stereocenters. The van der Waals surface area contributed by atoms with Crippen molar-refractivity contribution in [1.82, 2.24) is 0 Å². The van der Waals surface area contributed by atoms with Crippen molar-refractivity contribution in [3.63, 3.8) is 0 Å². The van der Waals surface area contributed by atoms with E-state index >= 15 is 0 Å². The van der Waals surface area contributed by atoms with Gasteiger partial charge in [-0.1, -0.05) is 62.0 Å². The van der Waals surface area contributed by atoms with Crippen LogP contribution in [0.4, 0.5) is 13.2 Å². The third kappa shape index (κ3) is 11.3. The molecule has 46 heavy (non-hydrogen) atoms. The summed E-state index contributed by atoms with van der Waals surface area (Å²) in [5.74, 6) is -3.30. The van der Waals surface area contributed by atoms with Crippen molar-refractivity contribution in [1.29, 1.82) is 0 Å². The summed E-state index contributed by atoms with van der Waals surface area (Å²) in [6, 6.07) is 23.4. The van der Waals surface area contributed by atoms with E-state index in [1.807, 2.05) is 6.07 Å². The molecule has 0 aliphatic heterocycles. The average molecular weight is 635 g/mol. The summed E-state index contributed by atoms with van der Waals surface area (Å²) in [6.45, 7) is 7.12. The maximum Gasteiger partial charge on any atom is 0.344 e. The Balaban J connectivity index is 0.000000314. The first kappa shape index (κ1) is 36.9. The van der Waals surface area contributed by atoms with Crippen LogP contribution in [0.25, 0.3) is 22.3 Å². The molecule has 6 nitrogen and oxygen atoms in total. The van der Waals surface area contributed by atoms with E-state index in [2.05, 4.69) is 13.2 Å². The Bertz CT molecular complexity index is 1590. The van der Waals surface area contributed by atoms with Gasteiger partial charge in [0.1, 0.15) is 17.3 Å². The summed E-state index contributed by atoms with van der Waals surface area (Å²) in [5, 5.41) is 18.2. The topological polar surface area (TPSA) is 93.1 Å². The molecule has 242 valence electrons. The molecule has 0 fully saturated rings. The number of allylic oxidation sites excluding steroid dienone is 2. The summed E-state index contributed by atoms with van der Waals surface area (Å²) in [6.07, 6.45) is 3.22. The second kappa shape index (κ2) is 18.5. The van der Waals surface area contributed by atoms with Crippen LogP contribution < -0.4 is 9.47 Å². The summed E-state index contributed by atoms with van der Waals surface area (Å²) in [5.41, 5.74) is 2.80. The molecular weight excluding hydrogens is 597 g/mol. The highest BCUT2D eigenvalue weighted by molar-refractivity contribution is 5.73. The van der Waals surface area contributed by atoms with Gasteiger partial charge >= 0.3 is 11.9 Å². The SMILES string of the molecule is C.C=CCCC(Oc1ccc(-c2ccc(F)c(F)c2)cc1)C(=O)O.C=CCCC(Oc1ccc(-c2cccc(F)c2)cc1)C(=O)O. The van der Waals surface area contributed by atoms with Crippen LogP contribution in [0.2, 0.25) is 0 Å². The number of carbonyl (C=O) groups is 2. The second-order valence-electron chi connectivity index (χ2n) is 9.81. The number of carboxylic acid groups (broad SMARTS) is 2. The lowest BCUT2D eigenvalue weighted by Gasteiger charge is -2.14. The Morgan fingerprint density at radius 2 is 1.07 bits per heavy atom. The Morgan fingerprint density at radius 3 is 1.46 bits per heavy atom. The zero-order valence-electron chi connectivity index (χ0n) is 24.4. The van der Waals surface area contributed by atoms with E-state index in [0.29, 0.717) is 48.3 Å². The Kier molecular flexibility index (Phi) is 14.8. The van der Waals surface area contributed by atoms with Gasteiger partial charge in [-0.25, -0.2) is 22.8 Å². The van der Waals surface area contributed by atoms with Gasteiger partial charge in [0.25, 0.3) is 0 Å². The van der Waals surface area contributed by atoms with Gasteiger partial charge in [0.05, 0.1) is 0 Å². The molecule has 0 aromatic heterocycles. The molecule has 2 N–H and O–H groups in total. The molecule has 0 bridgehead atoms. The molecule has 0 radical (unpaired) electrons. The van der Waals surface area contributed by atoms with Crippen LogP contribution in [-0.4, -0.2) is 34.4 Å². The largest absolute Gasteiger partial charge is 0.479 e. The summed E-state index contributed by atoms with van der Waals surface area (Å²) < 4.78 is 50.3. The maximum atomic E-state index is 13.3. The van der Waals surface area contributed by atoms with Crippen molar-refractivity contribution >= 4 is 11.9 Å². The third-order valence-corrected chi connectivity index (χ3v) is 6.49. The van der Waals surface area contributed by atoms with Gasteiger partial charge in [-0.3, -0.25) is 0 Å². The number of hydrogen-bond acceptors (Lipinski definition) is 4. The van der Waals surface area contributed by atoms with Crippen LogP contribution in [0.1, 0.15) is 33.1 Å². The molecule has 2 atom stereocenters. The lowest BCUT2D eigenvalue weighted by atomic mass is 10.1. The van der Waals surface area contributed by atoms with Crippen molar-refractivity contribution < 1.29 is 42.4 Å². The van der Waals surface area contributed by atoms with Gasteiger partial charge in [-0.05, 0) is 96.5 Å². The van der Waals surface area contributed by atoms with E-state index in [4.69, 9.17) is 19.7 Å². The van der Waals surface area contributed by atoms with Crippen LogP contribution in [0, 0.1) is 17.5 Å². The lowest BCUT2D eigenvalue weighted by molar-refractivity contribution is -0.146. The maximum absolute atomic E-state index is 13.3. The van der Waals surface area contributed by atoms with Crippen molar-refractivity contribution in [2.24, 2.45) is 0 Å². The first-order valence-corrected chi connectivity index (χ1v) is 14.0. The van der Waals surface area contributed by atoms with Gasteiger partial charge in [0.15, 0.2) is 23.8 Å². The summed E-state index contributed by atoms with van der Waals surface area (Å²) in [7, 11) is 0. The van der Waals surface area contributed by atoms with Gasteiger partial charge < -0.3 is 19.7 Å². The summed E-state index contributed by atoms with van der Waals surface area (Å²) in [4.78, 5) is 22.3. The Morgan fingerprint density at radius 1 is 0.630 bits per heavy atom. The fraction of sp³-hybridized carbons (Fsp3) is 0.189. The standard InChI is InChI=1S/C18H16F2O3.C18H17FO3.CH4/c1-2-3-4-17(18(21)22)23-14-8-5-12(6-9-14)13-7-10-15(19)16(20)11-13;1-2-3-7-17(18(20)21)22-16-10-8-13(9-11-16)14-5-4-6-15(19)12-14;/h2,5-11,17H,1,3-4H2,(H,21,22);2,4-6,8-12,17H,1,3,7H2,(H,20,21);1H4. The molecule has 0 aliphatic carbocycles. The number of aliphatic carboxylic acids is 2. The van der Waals surface area contributed by atoms with Crippen molar-refractivity contribution in [3.05, 3.63) is 134 Å². The van der Waals surface area contributed by atoms with Crippen molar-refractivity contribution in [2.45, 2.75) is 45.3 Å². The zero-order valence-corrected chi connectivity index (χ0v) is 24.4. The monoisotopic (exact) mass is 634 g/mol. The fourth-order valence-corrected chi connectivity index (χ4v) is 4.13. The van der Waals surface area contributed by atoms with E-state index in [9.17, 15) is 22.8 Å². The Labute approximate surface area is 267 Å².